The van der Waals surface area contributed by atoms with E-state index in [1.165, 1.54) is 45.3 Å². The highest BCUT2D eigenvalue weighted by molar-refractivity contribution is 4.82. The van der Waals surface area contributed by atoms with Gasteiger partial charge in [0.1, 0.15) is 0 Å². The standard InChI is InChI=1S/C18H38N2/c1-17(2,3)15-9-8-12-20(13-10-15)14-11-16(19-7)18(4,5)6/h15-16,19H,8-14H2,1-7H3. The van der Waals surface area contributed by atoms with Gasteiger partial charge in [-0.1, -0.05) is 41.5 Å². The molecule has 0 aromatic heterocycles. The molecule has 1 aliphatic rings. The Morgan fingerprint density at radius 1 is 1.05 bits per heavy atom. The molecule has 2 nitrogen and oxygen atoms in total. The molecule has 0 aliphatic carbocycles. The first-order valence-corrected chi connectivity index (χ1v) is 8.54. The summed E-state index contributed by atoms with van der Waals surface area (Å²) in [6.07, 6.45) is 5.43. The van der Waals surface area contributed by atoms with Crippen molar-refractivity contribution in [1.29, 1.82) is 0 Å². The van der Waals surface area contributed by atoms with Crippen molar-refractivity contribution in [3.8, 4) is 0 Å². The van der Waals surface area contributed by atoms with Gasteiger partial charge in [-0.05, 0) is 69.1 Å². The van der Waals surface area contributed by atoms with Gasteiger partial charge in [0, 0.05) is 6.04 Å². The van der Waals surface area contributed by atoms with E-state index in [-0.39, 0.29) is 0 Å². The van der Waals surface area contributed by atoms with E-state index in [4.69, 9.17) is 0 Å². The molecule has 1 rings (SSSR count). The fraction of sp³-hybridized carbons (Fsp3) is 1.00. The summed E-state index contributed by atoms with van der Waals surface area (Å²) >= 11 is 0. The van der Waals surface area contributed by atoms with Gasteiger partial charge in [-0.25, -0.2) is 0 Å². The smallest absolute Gasteiger partial charge is 0.0125 e. The number of nitrogens with one attached hydrogen (secondary N) is 1. The van der Waals surface area contributed by atoms with Crippen molar-refractivity contribution in [2.24, 2.45) is 16.7 Å². The van der Waals surface area contributed by atoms with E-state index in [1.54, 1.807) is 0 Å². The van der Waals surface area contributed by atoms with Crippen LogP contribution in [0.5, 0.6) is 0 Å². The van der Waals surface area contributed by atoms with Crippen LogP contribution < -0.4 is 5.32 Å². The van der Waals surface area contributed by atoms with E-state index in [2.05, 4.69) is 58.8 Å². The molecule has 0 amide bonds. The van der Waals surface area contributed by atoms with Gasteiger partial charge in [0.2, 0.25) is 0 Å². The highest BCUT2D eigenvalue weighted by Gasteiger charge is 2.28. The third kappa shape index (κ3) is 5.73. The van der Waals surface area contributed by atoms with Crippen LogP contribution in [0, 0.1) is 16.7 Å². The van der Waals surface area contributed by atoms with Gasteiger partial charge in [-0.2, -0.15) is 0 Å². The second-order valence-electron chi connectivity index (χ2n) is 8.83. The Morgan fingerprint density at radius 2 is 1.70 bits per heavy atom. The normalized spacial score (nSPS) is 24.4. The molecule has 0 saturated carbocycles. The average Bonchev–Trinajstić information content (AvgIpc) is 2.52. The van der Waals surface area contributed by atoms with Crippen LogP contribution in [0.25, 0.3) is 0 Å². The third-order valence-corrected chi connectivity index (χ3v) is 5.17. The summed E-state index contributed by atoms with van der Waals surface area (Å²) in [6.45, 7) is 18.1. The molecule has 20 heavy (non-hydrogen) atoms. The van der Waals surface area contributed by atoms with Crippen LogP contribution in [-0.2, 0) is 0 Å². The lowest BCUT2D eigenvalue weighted by atomic mass is 9.77. The Kier molecular flexibility index (Phi) is 6.53. The Morgan fingerprint density at radius 3 is 2.20 bits per heavy atom. The maximum atomic E-state index is 3.50. The Labute approximate surface area is 127 Å². The zero-order chi connectivity index (χ0) is 15.4. The van der Waals surface area contributed by atoms with E-state index in [9.17, 15) is 0 Å². The summed E-state index contributed by atoms with van der Waals surface area (Å²) in [7, 11) is 2.11. The summed E-state index contributed by atoms with van der Waals surface area (Å²) in [5.41, 5.74) is 0.837. The van der Waals surface area contributed by atoms with Crippen LogP contribution in [-0.4, -0.2) is 37.6 Å². The van der Waals surface area contributed by atoms with Crippen LogP contribution in [0.15, 0.2) is 0 Å². The van der Waals surface area contributed by atoms with Gasteiger partial charge in [-0.3, -0.25) is 0 Å². The molecular weight excluding hydrogens is 244 g/mol. The number of likely N-dealkylation sites (tertiary alicyclic amines) is 1. The van der Waals surface area contributed by atoms with Crippen LogP contribution in [0.2, 0.25) is 0 Å². The van der Waals surface area contributed by atoms with Crippen LogP contribution in [0.4, 0.5) is 0 Å². The fourth-order valence-corrected chi connectivity index (χ4v) is 3.57. The molecule has 0 aromatic carbocycles. The number of hydrogen-bond acceptors (Lipinski definition) is 2. The molecule has 1 heterocycles. The molecule has 120 valence electrons. The Balaban J connectivity index is 2.43. The summed E-state index contributed by atoms with van der Waals surface area (Å²) in [5, 5.41) is 3.50. The lowest BCUT2D eigenvalue weighted by molar-refractivity contribution is 0.195. The number of hydrogen-bond donors (Lipinski definition) is 1. The largest absolute Gasteiger partial charge is 0.316 e. The fourth-order valence-electron chi connectivity index (χ4n) is 3.57. The highest BCUT2D eigenvalue weighted by atomic mass is 15.1. The molecule has 1 fully saturated rings. The Bertz CT molecular complexity index is 272. The number of rotatable bonds is 4. The molecular formula is C18H38N2. The van der Waals surface area contributed by atoms with Gasteiger partial charge in [0.25, 0.3) is 0 Å². The average molecular weight is 283 g/mol. The molecule has 0 aromatic rings. The van der Waals surface area contributed by atoms with Crippen molar-refractivity contribution < 1.29 is 0 Å². The minimum absolute atomic E-state index is 0.356. The maximum absolute atomic E-state index is 3.50. The lowest BCUT2D eigenvalue weighted by Crippen LogP contribution is -2.41. The van der Waals surface area contributed by atoms with Crippen molar-refractivity contribution in [2.45, 2.75) is 73.3 Å². The SMILES string of the molecule is CNC(CCN1CCCC(C(C)(C)C)CC1)C(C)(C)C. The van der Waals surface area contributed by atoms with Gasteiger partial charge in [0.05, 0.1) is 0 Å². The van der Waals surface area contributed by atoms with Gasteiger partial charge >= 0.3 is 0 Å². The third-order valence-electron chi connectivity index (χ3n) is 5.17. The van der Waals surface area contributed by atoms with E-state index in [1.807, 2.05) is 0 Å². The molecule has 2 heteroatoms. The first-order chi connectivity index (χ1) is 9.14. The van der Waals surface area contributed by atoms with E-state index < -0.39 is 0 Å². The van der Waals surface area contributed by atoms with Crippen LogP contribution in [0.1, 0.15) is 67.2 Å². The van der Waals surface area contributed by atoms with Crippen molar-refractivity contribution in [1.82, 2.24) is 10.2 Å². The molecule has 1 saturated heterocycles. The zero-order valence-electron chi connectivity index (χ0n) is 15.1. The number of nitrogens with zero attached hydrogens (tertiary/aromatic N) is 1. The van der Waals surface area contributed by atoms with Crippen molar-refractivity contribution in [3.63, 3.8) is 0 Å². The predicted octanol–water partition coefficient (Wildman–Crippen LogP) is 4.16. The topological polar surface area (TPSA) is 15.3 Å². The minimum Gasteiger partial charge on any atom is -0.316 e. The highest BCUT2D eigenvalue weighted by Crippen LogP contribution is 2.34. The molecule has 2 unspecified atom stereocenters. The van der Waals surface area contributed by atoms with Crippen molar-refractivity contribution >= 4 is 0 Å². The molecule has 0 radical (unpaired) electrons. The van der Waals surface area contributed by atoms with Gasteiger partial charge in [-0.15, -0.1) is 0 Å². The molecule has 1 N–H and O–H groups in total. The quantitative estimate of drug-likeness (QED) is 0.833. The van der Waals surface area contributed by atoms with Crippen LogP contribution in [0.3, 0.4) is 0 Å². The first-order valence-electron chi connectivity index (χ1n) is 8.54. The van der Waals surface area contributed by atoms with Gasteiger partial charge < -0.3 is 10.2 Å². The second kappa shape index (κ2) is 7.26. The Hall–Kier alpha value is -0.0800. The summed E-state index contributed by atoms with van der Waals surface area (Å²) in [4.78, 5) is 2.70. The molecule has 2 atom stereocenters. The van der Waals surface area contributed by atoms with E-state index in [0.29, 0.717) is 16.9 Å². The second-order valence-corrected chi connectivity index (χ2v) is 8.83. The minimum atomic E-state index is 0.356. The zero-order valence-corrected chi connectivity index (χ0v) is 15.1. The molecule has 0 bridgehead atoms. The van der Waals surface area contributed by atoms with Gasteiger partial charge in [0.15, 0.2) is 0 Å². The maximum Gasteiger partial charge on any atom is 0.0125 e. The van der Waals surface area contributed by atoms with Crippen molar-refractivity contribution in [3.05, 3.63) is 0 Å². The summed E-state index contributed by atoms with van der Waals surface area (Å²) in [6, 6.07) is 0.615. The lowest BCUT2D eigenvalue weighted by Gasteiger charge is -2.33. The molecule has 0 spiro atoms. The first kappa shape index (κ1) is 18.0. The van der Waals surface area contributed by atoms with Crippen molar-refractivity contribution in [2.75, 3.05) is 26.7 Å². The molecule has 1 aliphatic heterocycles. The monoisotopic (exact) mass is 282 g/mol. The van der Waals surface area contributed by atoms with E-state index in [0.717, 1.165) is 5.92 Å². The summed E-state index contributed by atoms with van der Waals surface area (Å²) < 4.78 is 0. The predicted molar refractivity (Wildman–Crippen MR) is 90.2 cm³/mol. The van der Waals surface area contributed by atoms with E-state index >= 15 is 0 Å². The summed E-state index contributed by atoms with van der Waals surface area (Å²) in [5.74, 6) is 0.898. The van der Waals surface area contributed by atoms with Crippen LogP contribution >= 0.6 is 0 Å².